The van der Waals surface area contributed by atoms with E-state index in [0.29, 0.717) is 22.1 Å². The largest absolute Gasteiger partial charge is 0.417 e. The maximum Gasteiger partial charge on any atom is 0.417 e. The lowest BCUT2D eigenvalue weighted by atomic mass is 10.1. The van der Waals surface area contributed by atoms with Gasteiger partial charge in [-0.1, -0.05) is 0 Å². The molecule has 0 fully saturated rings. The van der Waals surface area contributed by atoms with E-state index in [0.717, 1.165) is 26.0 Å². The second kappa shape index (κ2) is 10.6. The second-order valence-electron chi connectivity index (χ2n) is 7.25. The van der Waals surface area contributed by atoms with Crippen molar-refractivity contribution in [1.82, 2.24) is 15.2 Å². The smallest absolute Gasteiger partial charge is 0.368 e. The fourth-order valence-electron chi connectivity index (χ4n) is 2.87. The zero-order chi connectivity index (χ0) is 27.6. The molecule has 0 aliphatic rings. The van der Waals surface area contributed by atoms with Gasteiger partial charge in [-0.25, -0.2) is 22.6 Å². The lowest BCUT2D eigenvalue weighted by Crippen LogP contribution is -2.55. The van der Waals surface area contributed by atoms with Gasteiger partial charge < -0.3 is 10.6 Å². The first-order valence-electron chi connectivity index (χ1n) is 9.66. The molecule has 0 saturated heterocycles. The lowest BCUT2D eigenvalue weighted by Gasteiger charge is -2.24. The first-order chi connectivity index (χ1) is 16.4. The van der Waals surface area contributed by atoms with Crippen molar-refractivity contribution in [2.45, 2.75) is 38.7 Å². The molecule has 36 heavy (non-hydrogen) atoms. The van der Waals surface area contributed by atoms with Crippen molar-refractivity contribution in [3.8, 4) is 5.69 Å². The first-order valence-corrected chi connectivity index (χ1v) is 9.66. The number of carbonyl (C=O) groups excluding carboxylic acids is 1. The molecular weight excluding hydrogens is 518 g/mol. The number of amidine groups is 1. The number of nitrogens with zero attached hydrogens (tertiary/aromatic N) is 2. The Balaban J connectivity index is 2.74. The number of nitrogens with one attached hydrogen (secondary N) is 2. The molecule has 0 radical (unpaired) electrons. The third kappa shape index (κ3) is 6.75. The molecule has 6 nitrogen and oxygen atoms in total. The Hall–Kier alpha value is -3.59. The van der Waals surface area contributed by atoms with Crippen LogP contribution >= 0.6 is 0 Å². The minimum atomic E-state index is -5.97. The molecule has 0 aliphatic heterocycles. The Labute approximate surface area is 195 Å². The molecule has 2 N–H and O–H groups in total. The number of amides is 1. The van der Waals surface area contributed by atoms with Crippen molar-refractivity contribution in [1.29, 1.82) is 0 Å². The molecule has 0 aliphatic carbocycles. The van der Waals surface area contributed by atoms with Gasteiger partial charge in [0.15, 0.2) is 5.43 Å². The number of hydrogen-bond donors (Lipinski definition) is 2. The fraction of sp³-hybridized carbons (Fsp3) is 0.350. The van der Waals surface area contributed by atoms with Crippen LogP contribution in [0.5, 0.6) is 0 Å². The second-order valence-corrected chi connectivity index (χ2v) is 7.25. The third-order valence-corrected chi connectivity index (χ3v) is 4.54. The molecule has 2 rings (SSSR count). The van der Waals surface area contributed by atoms with Gasteiger partial charge >= 0.3 is 12.4 Å². The maximum absolute atomic E-state index is 14.5. The minimum Gasteiger partial charge on any atom is -0.368 e. The topological polar surface area (TPSA) is 75.5 Å². The summed E-state index contributed by atoms with van der Waals surface area (Å²) in [5.74, 6) is -5.25. The van der Waals surface area contributed by atoms with Gasteiger partial charge in [0.05, 0.1) is 12.2 Å². The summed E-state index contributed by atoms with van der Waals surface area (Å²) in [6, 6.07) is -2.46. The number of carbonyl (C=O) groups is 1. The van der Waals surface area contributed by atoms with Crippen LogP contribution in [-0.2, 0) is 0 Å². The molecule has 2 aromatic rings. The summed E-state index contributed by atoms with van der Waals surface area (Å²) in [5.41, 5.74) is -3.82. The summed E-state index contributed by atoms with van der Waals surface area (Å²) in [5, 5.41) is 2.87. The Morgan fingerprint density at radius 3 is 2.17 bits per heavy atom. The van der Waals surface area contributed by atoms with E-state index in [9.17, 15) is 53.5 Å². The summed E-state index contributed by atoms with van der Waals surface area (Å²) in [4.78, 5) is 28.9. The molecule has 0 unspecified atom stereocenters. The van der Waals surface area contributed by atoms with Crippen LogP contribution in [0.4, 0.5) is 49.7 Å². The molecule has 198 valence electrons. The monoisotopic (exact) mass is 534 g/mol. The van der Waals surface area contributed by atoms with Crippen LogP contribution < -0.4 is 16.1 Å². The van der Waals surface area contributed by atoms with E-state index >= 15 is 0 Å². The molecule has 1 aromatic heterocycles. The molecule has 1 aromatic carbocycles. The zero-order valence-corrected chi connectivity index (χ0v) is 18.2. The van der Waals surface area contributed by atoms with Gasteiger partial charge in [0.1, 0.15) is 28.9 Å². The fourth-order valence-corrected chi connectivity index (χ4v) is 2.87. The van der Waals surface area contributed by atoms with E-state index in [-0.39, 0.29) is 5.84 Å². The average Bonchev–Trinajstić information content (AvgIpc) is 2.72. The Morgan fingerprint density at radius 2 is 1.67 bits per heavy atom. The molecular formula is C20H16F10N4O2. The predicted molar refractivity (Wildman–Crippen MR) is 107 cm³/mol. The van der Waals surface area contributed by atoms with E-state index < -0.39 is 77.0 Å². The minimum absolute atomic E-state index is 0.250. The SMILES string of the molecule is C/C(=N\c1c(C)c(=O)c(C(=O)NC(C(F)(F)F)C(F)(F)F)cn1-c1ccc(F)cc1F)NCC(F)F. The van der Waals surface area contributed by atoms with Crippen LogP contribution in [0.3, 0.4) is 0 Å². The number of aromatic nitrogens is 1. The number of halogens is 10. The molecule has 0 bridgehead atoms. The van der Waals surface area contributed by atoms with Crippen LogP contribution in [0.1, 0.15) is 22.8 Å². The Morgan fingerprint density at radius 1 is 1.08 bits per heavy atom. The van der Waals surface area contributed by atoms with Crippen molar-refractivity contribution < 1.29 is 48.7 Å². The quantitative estimate of drug-likeness (QED) is 0.325. The average molecular weight is 534 g/mol. The normalized spacial score (nSPS) is 12.9. The van der Waals surface area contributed by atoms with Gasteiger partial charge in [0, 0.05) is 17.8 Å². The Bertz CT molecular complexity index is 1200. The summed E-state index contributed by atoms with van der Waals surface area (Å²) in [6.45, 7) is 1.23. The Kier molecular flexibility index (Phi) is 8.41. The molecule has 16 heteroatoms. The molecule has 0 spiro atoms. The first kappa shape index (κ1) is 28.6. The number of hydrogen-bond acceptors (Lipinski definition) is 3. The van der Waals surface area contributed by atoms with E-state index in [4.69, 9.17) is 0 Å². The van der Waals surface area contributed by atoms with Crippen LogP contribution in [0.25, 0.3) is 5.69 Å². The van der Waals surface area contributed by atoms with E-state index in [2.05, 4.69) is 10.3 Å². The van der Waals surface area contributed by atoms with Crippen LogP contribution in [-0.4, -0.2) is 47.7 Å². The third-order valence-electron chi connectivity index (χ3n) is 4.54. The van der Waals surface area contributed by atoms with Crippen molar-refractivity contribution in [3.63, 3.8) is 0 Å². The van der Waals surface area contributed by atoms with E-state index in [1.807, 2.05) is 0 Å². The molecule has 1 heterocycles. The number of alkyl halides is 8. The number of aliphatic imine (C=N–C) groups is 1. The summed E-state index contributed by atoms with van der Waals surface area (Å²) >= 11 is 0. The summed E-state index contributed by atoms with van der Waals surface area (Å²) < 4.78 is 131. The number of rotatable bonds is 6. The van der Waals surface area contributed by atoms with Crippen molar-refractivity contribution in [3.05, 3.63) is 57.4 Å². The van der Waals surface area contributed by atoms with Gasteiger partial charge in [-0.3, -0.25) is 14.2 Å². The van der Waals surface area contributed by atoms with Crippen LogP contribution in [0.15, 0.2) is 34.2 Å². The number of benzene rings is 1. The van der Waals surface area contributed by atoms with Gasteiger partial charge in [0.25, 0.3) is 12.3 Å². The highest BCUT2D eigenvalue weighted by molar-refractivity contribution is 5.95. The van der Waals surface area contributed by atoms with Gasteiger partial charge in [-0.2, -0.15) is 26.3 Å². The molecule has 0 atom stereocenters. The van der Waals surface area contributed by atoms with E-state index in [1.54, 1.807) is 0 Å². The predicted octanol–water partition coefficient (Wildman–Crippen LogP) is 4.55. The highest BCUT2D eigenvalue weighted by atomic mass is 19.4. The maximum atomic E-state index is 14.5. The van der Waals surface area contributed by atoms with E-state index in [1.165, 1.54) is 0 Å². The molecule has 0 saturated carbocycles. The van der Waals surface area contributed by atoms with Gasteiger partial charge in [-0.05, 0) is 26.0 Å². The van der Waals surface area contributed by atoms with Gasteiger partial charge in [0.2, 0.25) is 6.04 Å². The zero-order valence-electron chi connectivity index (χ0n) is 18.2. The van der Waals surface area contributed by atoms with Crippen molar-refractivity contribution >= 4 is 17.6 Å². The highest BCUT2D eigenvalue weighted by Crippen LogP contribution is 2.33. The number of pyridine rings is 1. The summed E-state index contributed by atoms with van der Waals surface area (Å²) in [7, 11) is 0. The standard InChI is InChI=1S/C20H16F10N4O2/c1-8-15(35)11(17(36)33-18(19(25,26)27)20(28,29)30)7-34(13-4-3-10(21)5-12(13)22)16(8)32-9(2)31-6-14(23)24/h3-5,7,14,18H,6H2,1-2H3,(H,31,32)(H,33,36). The summed E-state index contributed by atoms with van der Waals surface area (Å²) in [6.07, 6.45) is -14.4. The van der Waals surface area contributed by atoms with Crippen LogP contribution in [0, 0.1) is 18.6 Å². The molecule has 1 amide bonds. The lowest BCUT2D eigenvalue weighted by molar-refractivity contribution is -0.255. The van der Waals surface area contributed by atoms with Crippen LogP contribution in [0.2, 0.25) is 0 Å². The van der Waals surface area contributed by atoms with Gasteiger partial charge in [-0.15, -0.1) is 0 Å². The van der Waals surface area contributed by atoms with Crippen molar-refractivity contribution in [2.75, 3.05) is 6.54 Å². The highest BCUT2D eigenvalue weighted by Gasteiger charge is 2.57. The van der Waals surface area contributed by atoms with Crippen molar-refractivity contribution in [2.24, 2.45) is 4.99 Å².